The van der Waals surface area contributed by atoms with E-state index >= 15 is 4.39 Å². The number of rotatable bonds is 11. The van der Waals surface area contributed by atoms with Gasteiger partial charge in [-0.3, -0.25) is 39.5 Å². The van der Waals surface area contributed by atoms with Crippen LogP contribution in [-0.4, -0.2) is 111 Å². The number of nitrogens with one attached hydrogen (secondary N) is 3. The molecule has 64 heavy (non-hydrogen) atoms. The summed E-state index contributed by atoms with van der Waals surface area (Å²) >= 11 is 1.28. The molecule has 0 saturated carbocycles. The number of fused-ring (bicyclic) bond motifs is 2. The van der Waals surface area contributed by atoms with E-state index in [1.165, 1.54) is 27.9 Å². The molecule has 3 N–H and O–H groups in total. The third kappa shape index (κ3) is 8.36. The number of piperidine rings is 2. The number of aromatic nitrogens is 3. The molecule has 10 rings (SSSR count). The van der Waals surface area contributed by atoms with Crippen molar-refractivity contribution in [3.8, 4) is 11.1 Å². The molecular weight excluding hydrogens is 836 g/mol. The minimum atomic E-state index is -1.05. The zero-order valence-corrected chi connectivity index (χ0v) is 36.1. The largest absolute Gasteiger partial charge is 0.374 e. The standard InChI is InChI=1S/C47H49FN10O5S/c48-37-25-32(24-35-36(37)26-58(46(35)63)43(45(62)53-47-49-15-23-64-47)42-39-2-1-16-57(39)28-50-42)30-5-9-34(10-6-30)55-19-21-56(22-20-55)41(60)27-54-17-13-31(14-18-54)29-3-7-33(8-4-29)51-38-11-12-40(59)52-44(38)61/h3-10,15,23-25,28,31,38,43,51H,1-2,11-14,16-22,26-27H2,(H,49,53,62)(H,52,59,61)/t38-,43?/m0/s1. The summed E-state index contributed by atoms with van der Waals surface area (Å²) in [5, 5.41) is 10.6. The normalized spacial score (nSPS) is 19.7. The predicted octanol–water partition coefficient (Wildman–Crippen LogP) is 5.17. The fraction of sp³-hybridized carbons (Fsp3) is 0.383. The molecule has 17 heteroatoms. The molecule has 3 saturated heterocycles. The van der Waals surface area contributed by atoms with E-state index in [1.807, 2.05) is 45.9 Å². The number of imide groups is 1. The molecule has 15 nitrogen and oxygen atoms in total. The Morgan fingerprint density at radius 1 is 0.875 bits per heavy atom. The summed E-state index contributed by atoms with van der Waals surface area (Å²) in [6.45, 7) is 5.45. The van der Waals surface area contributed by atoms with Gasteiger partial charge in [0.05, 0.1) is 25.1 Å². The first-order valence-electron chi connectivity index (χ1n) is 22.1. The number of carbonyl (C=O) groups excluding carboxylic acids is 5. The summed E-state index contributed by atoms with van der Waals surface area (Å²) in [7, 11) is 0. The number of amides is 5. The smallest absolute Gasteiger partial charge is 0.255 e. The second-order valence-corrected chi connectivity index (χ2v) is 18.1. The number of hydrogen-bond acceptors (Lipinski definition) is 11. The third-order valence-corrected chi connectivity index (χ3v) is 14.1. The summed E-state index contributed by atoms with van der Waals surface area (Å²) < 4.78 is 18.0. The van der Waals surface area contributed by atoms with Crippen LogP contribution in [-0.2, 0) is 38.7 Å². The van der Waals surface area contributed by atoms with E-state index in [0.29, 0.717) is 67.9 Å². The maximum atomic E-state index is 15.9. The van der Waals surface area contributed by atoms with E-state index in [4.69, 9.17) is 0 Å². The van der Waals surface area contributed by atoms with E-state index in [0.717, 1.165) is 67.9 Å². The second-order valence-electron chi connectivity index (χ2n) is 17.3. The number of imidazole rings is 1. The van der Waals surface area contributed by atoms with Crippen molar-refractivity contribution in [3.63, 3.8) is 0 Å². The SMILES string of the molecule is O=C1CC[C@H](Nc2ccc(C3CCN(CC(=O)N4CCN(c5ccc(-c6cc(F)c7c(c6)C(=O)N(C(C(=O)Nc6nccs6)c6ncn8c6CCC8)C7)cc5)CC4)CC3)cc2)C(=O)N1. The first-order valence-corrected chi connectivity index (χ1v) is 23.0. The van der Waals surface area contributed by atoms with Gasteiger partial charge in [-0.1, -0.05) is 24.3 Å². The first kappa shape index (κ1) is 41.5. The number of aryl methyl sites for hydroxylation is 1. The molecule has 5 amide bonds. The highest BCUT2D eigenvalue weighted by Crippen LogP contribution is 2.38. The molecule has 0 radical (unpaired) electrons. The number of hydrogen-bond donors (Lipinski definition) is 3. The van der Waals surface area contributed by atoms with Gasteiger partial charge in [0.2, 0.25) is 17.7 Å². The van der Waals surface area contributed by atoms with Crippen molar-refractivity contribution in [2.45, 2.75) is 69.6 Å². The molecular formula is C47H49FN10O5S. The zero-order valence-electron chi connectivity index (χ0n) is 35.3. The van der Waals surface area contributed by atoms with Crippen LogP contribution in [0.15, 0.2) is 78.6 Å². The van der Waals surface area contributed by atoms with Crippen molar-refractivity contribution in [1.29, 1.82) is 0 Å². The van der Waals surface area contributed by atoms with Crippen molar-refractivity contribution in [2.24, 2.45) is 0 Å². The number of piperazine rings is 1. The summed E-state index contributed by atoms with van der Waals surface area (Å²) in [4.78, 5) is 81.7. The Balaban J connectivity index is 0.722. The molecule has 0 bridgehead atoms. The monoisotopic (exact) mass is 884 g/mol. The molecule has 5 aliphatic rings. The van der Waals surface area contributed by atoms with Gasteiger partial charge < -0.3 is 24.6 Å². The van der Waals surface area contributed by atoms with Gasteiger partial charge in [-0.05, 0) is 104 Å². The zero-order chi connectivity index (χ0) is 43.9. The van der Waals surface area contributed by atoms with Gasteiger partial charge in [0.1, 0.15) is 11.9 Å². The number of benzene rings is 3. The van der Waals surface area contributed by atoms with Gasteiger partial charge in [-0.15, -0.1) is 11.3 Å². The molecule has 1 unspecified atom stereocenters. The van der Waals surface area contributed by atoms with Crippen molar-refractivity contribution in [2.75, 3.05) is 61.3 Å². The van der Waals surface area contributed by atoms with Gasteiger partial charge in [0.15, 0.2) is 11.2 Å². The highest BCUT2D eigenvalue weighted by molar-refractivity contribution is 7.13. The number of likely N-dealkylation sites (tertiary alicyclic amines) is 1. The molecule has 0 spiro atoms. The van der Waals surface area contributed by atoms with E-state index in [9.17, 15) is 24.0 Å². The molecule has 330 valence electrons. The second kappa shape index (κ2) is 17.6. The van der Waals surface area contributed by atoms with Gasteiger partial charge in [-0.25, -0.2) is 14.4 Å². The van der Waals surface area contributed by atoms with E-state index < -0.39 is 29.7 Å². The van der Waals surface area contributed by atoms with E-state index in [-0.39, 0.29) is 35.4 Å². The van der Waals surface area contributed by atoms with Crippen LogP contribution in [0.3, 0.4) is 0 Å². The Morgan fingerprint density at radius 2 is 1.66 bits per heavy atom. The average molecular weight is 885 g/mol. The highest BCUT2D eigenvalue weighted by Gasteiger charge is 2.42. The van der Waals surface area contributed by atoms with Crippen LogP contribution in [0.25, 0.3) is 11.1 Å². The van der Waals surface area contributed by atoms with E-state index in [1.54, 1.807) is 24.0 Å². The fourth-order valence-electron chi connectivity index (χ4n) is 9.84. The summed E-state index contributed by atoms with van der Waals surface area (Å²) in [5.74, 6) is -1.33. The van der Waals surface area contributed by atoms with Crippen LogP contribution >= 0.6 is 11.3 Å². The lowest BCUT2D eigenvalue weighted by Gasteiger charge is -2.38. The minimum Gasteiger partial charge on any atom is -0.374 e. The van der Waals surface area contributed by atoms with Crippen LogP contribution in [0.2, 0.25) is 0 Å². The Kier molecular flexibility index (Phi) is 11.4. The van der Waals surface area contributed by atoms with Gasteiger partial charge in [-0.2, -0.15) is 0 Å². The maximum Gasteiger partial charge on any atom is 0.255 e. The van der Waals surface area contributed by atoms with Crippen LogP contribution < -0.4 is 20.9 Å². The van der Waals surface area contributed by atoms with Gasteiger partial charge in [0.25, 0.3) is 11.8 Å². The Morgan fingerprint density at radius 3 is 2.39 bits per heavy atom. The fourth-order valence-corrected chi connectivity index (χ4v) is 10.4. The molecule has 2 aromatic heterocycles. The van der Waals surface area contributed by atoms with Gasteiger partial charge >= 0.3 is 0 Å². The van der Waals surface area contributed by atoms with Crippen LogP contribution in [0.4, 0.5) is 20.9 Å². The lowest BCUT2D eigenvalue weighted by atomic mass is 9.89. The third-order valence-electron chi connectivity index (χ3n) is 13.4. The number of halogens is 1. The predicted molar refractivity (Wildman–Crippen MR) is 239 cm³/mol. The molecule has 2 atom stereocenters. The molecule has 7 heterocycles. The van der Waals surface area contributed by atoms with Crippen molar-refractivity contribution < 1.29 is 28.4 Å². The Hall–Kier alpha value is -6.46. The first-order chi connectivity index (χ1) is 31.1. The highest BCUT2D eigenvalue weighted by atomic mass is 32.1. The van der Waals surface area contributed by atoms with E-state index in [2.05, 4.69) is 47.9 Å². The number of carbonyl (C=O) groups is 5. The van der Waals surface area contributed by atoms with Gasteiger partial charge in [0, 0.05) is 78.9 Å². The summed E-state index contributed by atoms with van der Waals surface area (Å²) in [6, 6.07) is 17.8. The number of nitrogens with zero attached hydrogens (tertiary/aromatic N) is 7. The van der Waals surface area contributed by atoms with Crippen molar-refractivity contribution in [1.82, 2.24) is 34.6 Å². The average Bonchev–Trinajstić information content (AvgIpc) is 4.14. The van der Waals surface area contributed by atoms with Crippen molar-refractivity contribution in [3.05, 3.63) is 112 Å². The Bertz CT molecular complexity index is 2580. The molecule has 5 aliphatic heterocycles. The van der Waals surface area contributed by atoms with Crippen molar-refractivity contribution >= 4 is 57.4 Å². The van der Waals surface area contributed by atoms with Crippen LogP contribution in [0, 0.1) is 5.82 Å². The Labute approximate surface area is 373 Å². The molecule has 5 aromatic rings. The lowest BCUT2D eigenvalue weighted by Crippen LogP contribution is -2.51. The summed E-state index contributed by atoms with van der Waals surface area (Å²) in [5.41, 5.74) is 6.36. The number of anilines is 3. The maximum absolute atomic E-state index is 15.9. The number of thiazole rings is 1. The quantitative estimate of drug-likeness (QED) is 0.151. The van der Waals surface area contributed by atoms with Crippen LogP contribution in [0.1, 0.15) is 76.9 Å². The molecule has 3 fully saturated rings. The topological polar surface area (TPSA) is 165 Å². The lowest BCUT2D eigenvalue weighted by molar-refractivity contribution is -0.134. The molecule has 0 aliphatic carbocycles. The molecule has 3 aromatic carbocycles. The minimum absolute atomic E-state index is 0.0557. The summed E-state index contributed by atoms with van der Waals surface area (Å²) in [6.07, 6.45) is 7.71. The van der Waals surface area contributed by atoms with Crippen LogP contribution in [0.5, 0.6) is 0 Å².